The zero-order valence-electron chi connectivity index (χ0n) is 32.6. The third kappa shape index (κ3) is 6.60. The van der Waals surface area contributed by atoms with Crippen LogP contribution in [0.25, 0.3) is 33.1 Å². The first-order valence-corrected chi connectivity index (χ1v) is 23.4. The highest BCUT2D eigenvalue weighted by Crippen LogP contribution is 2.54. The summed E-state index contributed by atoms with van der Waals surface area (Å²) < 4.78 is 6.96. The third-order valence-corrected chi connectivity index (χ3v) is 16.2. The lowest BCUT2D eigenvalue weighted by atomic mass is 9.98. The van der Waals surface area contributed by atoms with Gasteiger partial charge in [0.05, 0.1) is 5.69 Å². The van der Waals surface area contributed by atoms with Crippen LogP contribution in [0.5, 0.6) is 0 Å². The van der Waals surface area contributed by atoms with Crippen molar-refractivity contribution in [2.24, 2.45) is 0 Å². The molecule has 3 heterocycles. The molecule has 0 amide bonds. The minimum atomic E-state index is 0.849. The summed E-state index contributed by atoms with van der Waals surface area (Å²) in [6.07, 6.45) is 0. The van der Waals surface area contributed by atoms with E-state index in [-0.39, 0.29) is 0 Å². The van der Waals surface area contributed by atoms with Crippen LogP contribution < -0.4 is 9.80 Å². The second-order valence-corrected chi connectivity index (χ2v) is 19.2. The van der Waals surface area contributed by atoms with Crippen LogP contribution in [0, 0.1) is 0 Å². The Labute approximate surface area is 371 Å². The van der Waals surface area contributed by atoms with Crippen LogP contribution in [0.1, 0.15) is 0 Å². The molecule has 10 aromatic rings. The predicted molar refractivity (Wildman–Crippen MR) is 258 cm³/mol. The molecule has 0 N–H and O–H groups in total. The third-order valence-electron chi connectivity index (χ3n) is 11.1. The zero-order chi connectivity index (χ0) is 40.3. The molecule has 0 spiro atoms. The fourth-order valence-electron chi connectivity index (χ4n) is 8.36. The number of nitrogens with zero attached hydrogens (tertiary/aromatic N) is 2. The number of para-hydroxylation sites is 3. The quantitative estimate of drug-likeness (QED) is 0.157. The minimum Gasteiger partial charge on any atom is -0.454 e. The average Bonchev–Trinajstić information content (AvgIpc) is 3.70. The van der Waals surface area contributed by atoms with Crippen molar-refractivity contribution in [3.8, 4) is 11.1 Å². The van der Waals surface area contributed by atoms with E-state index in [0.717, 1.165) is 67.2 Å². The molecule has 0 radical (unpaired) electrons. The fraction of sp³-hybridized carbons (Fsp3) is 0. The summed E-state index contributed by atoms with van der Waals surface area (Å²) in [4.78, 5) is 15.0. The predicted octanol–water partition coefficient (Wildman–Crippen LogP) is 17.4. The summed E-state index contributed by atoms with van der Waals surface area (Å²) in [6.45, 7) is 0. The van der Waals surface area contributed by atoms with Gasteiger partial charge in [-0.2, -0.15) is 0 Å². The first kappa shape index (κ1) is 36.6. The van der Waals surface area contributed by atoms with Gasteiger partial charge < -0.3 is 14.2 Å². The molecule has 0 atom stereocenters. The van der Waals surface area contributed by atoms with Crippen LogP contribution in [0.4, 0.5) is 34.1 Å². The molecule has 0 saturated heterocycles. The van der Waals surface area contributed by atoms with E-state index in [1.54, 1.807) is 0 Å². The summed E-state index contributed by atoms with van der Waals surface area (Å²) in [5, 5.41) is 2.18. The van der Waals surface area contributed by atoms with Crippen molar-refractivity contribution in [2.45, 2.75) is 39.2 Å². The fourth-order valence-corrected chi connectivity index (χ4v) is 12.9. The molecule has 0 saturated carbocycles. The Morgan fingerprint density at radius 1 is 0.311 bits per heavy atom. The van der Waals surface area contributed by atoms with Crippen molar-refractivity contribution in [1.82, 2.24) is 0 Å². The highest BCUT2D eigenvalue weighted by atomic mass is 32.2. The number of fused-ring (bicyclic) bond motifs is 7. The normalized spacial score (nSPS) is 12.7. The molecular formula is C54H34N2OS4. The smallest absolute Gasteiger partial charge is 0.160 e. The number of hydrogen-bond acceptors (Lipinski definition) is 7. The van der Waals surface area contributed by atoms with Crippen molar-refractivity contribution in [1.29, 1.82) is 0 Å². The van der Waals surface area contributed by atoms with Crippen molar-refractivity contribution >= 4 is 103 Å². The van der Waals surface area contributed by atoms with Crippen molar-refractivity contribution in [3.63, 3.8) is 0 Å². The molecule has 3 nitrogen and oxygen atoms in total. The Morgan fingerprint density at radius 2 is 0.787 bits per heavy atom. The van der Waals surface area contributed by atoms with Gasteiger partial charge in [-0.05, 0) is 115 Å². The van der Waals surface area contributed by atoms with E-state index in [2.05, 4.69) is 216 Å². The van der Waals surface area contributed by atoms with Gasteiger partial charge in [-0.25, -0.2) is 0 Å². The molecule has 0 unspecified atom stereocenters. The van der Waals surface area contributed by atoms with Crippen molar-refractivity contribution in [2.75, 3.05) is 9.80 Å². The zero-order valence-corrected chi connectivity index (χ0v) is 35.8. The van der Waals surface area contributed by atoms with E-state index in [1.165, 1.54) is 39.2 Å². The molecule has 61 heavy (non-hydrogen) atoms. The molecule has 2 aliphatic rings. The van der Waals surface area contributed by atoms with Crippen LogP contribution in [-0.2, 0) is 0 Å². The lowest BCUT2D eigenvalue weighted by Crippen LogP contribution is -2.12. The topological polar surface area (TPSA) is 19.6 Å². The van der Waals surface area contributed by atoms with Gasteiger partial charge in [-0.3, -0.25) is 0 Å². The average molecular weight is 855 g/mol. The van der Waals surface area contributed by atoms with E-state index >= 15 is 0 Å². The van der Waals surface area contributed by atoms with Gasteiger partial charge in [-0.15, -0.1) is 0 Å². The molecular weight excluding hydrogens is 821 g/mol. The molecule has 9 aromatic carbocycles. The second-order valence-electron chi connectivity index (χ2n) is 14.9. The van der Waals surface area contributed by atoms with Crippen LogP contribution in [0.3, 0.4) is 0 Å². The lowest BCUT2D eigenvalue weighted by molar-refractivity contribution is 0.669. The molecule has 12 rings (SSSR count). The minimum absolute atomic E-state index is 0.849. The molecule has 0 bridgehead atoms. The van der Waals surface area contributed by atoms with Gasteiger partial charge in [0.15, 0.2) is 5.58 Å². The second kappa shape index (κ2) is 15.4. The number of hydrogen-bond donors (Lipinski definition) is 0. The number of rotatable bonds is 7. The van der Waals surface area contributed by atoms with E-state index < -0.39 is 0 Å². The number of benzene rings is 9. The maximum atomic E-state index is 6.96. The first-order chi connectivity index (χ1) is 30.2. The van der Waals surface area contributed by atoms with Crippen molar-refractivity contribution < 1.29 is 4.42 Å². The van der Waals surface area contributed by atoms with Gasteiger partial charge in [0.25, 0.3) is 0 Å². The van der Waals surface area contributed by atoms with Crippen LogP contribution in [0.2, 0.25) is 0 Å². The van der Waals surface area contributed by atoms with E-state index in [9.17, 15) is 0 Å². The Kier molecular flexibility index (Phi) is 9.22. The SMILES string of the molecule is c1ccc(N(c2cccc(-c3ccc4c(oc5ccccc54)c3N(c3ccccc3)c3ccc4c(c3)Sc3ccccc3S4)c2)c2ccc3c(c2)Sc2ccccc2S3)cc1. The number of anilines is 6. The Morgan fingerprint density at radius 3 is 1.41 bits per heavy atom. The molecule has 1 aromatic heterocycles. The van der Waals surface area contributed by atoms with E-state index in [4.69, 9.17) is 4.42 Å². The maximum Gasteiger partial charge on any atom is 0.160 e. The van der Waals surface area contributed by atoms with E-state index in [0.29, 0.717) is 0 Å². The summed E-state index contributed by atoms with van der Waals surface area (Å²) >= 11 is 7.37. The van der Waals surface area contributed by atoms with Gasteiger partial charge in [0.2, 0.25) is 0 Å². The first-order valence-electron chi connectivity index (χ1n) is 20.1. The standard InChI is InChI=1S/C54H34N2OS4/c1-3-15-36(16-4-1)55(39-26-30-49-51(33-39)60-47-24-11-9-22-45(47)58-49)38-19-13-14-35(32-38)41-28-29-43-42-20-7-8-21-44(42)57-54(43)53(41)56(37-17-5-2-6-18-37)40-27-31-50-52(34-40)61-48-25-12-10-23-46(48)59-50/h1-34H. The highest BCUT2D eigenvalue weighted by molar-refractivity contribution is 8.05. The number of furan rings is 1. The Bertz CT molecular complexity index is 3290. The van der Waals surface area contributed by atoms with Gasteiger partial charge in [0, 0.05) is 83.9 Å². The van der Waals surface area contributed by atoms with Crippen LogP contribution in [0.15, 0.2) is 250 Å². The Hall–Kier alpha value is -6.22. The monoisotopic (exact) mass is 854 g/mol. The van der Waals surface area contributed by atoms with Crippen LogP contribution >= 0.6 is 47.0 Å². The Balaban J connectivity index is 1.05. The van der Waals surface area contributed by atoms with Gasteiger partial charge in [-0.1, -0.05) is 144 Å². The van der Waals surface area contributed by atoms with Gasteiger partial charge >= 0.3 is 0 Å². The molecule has 290 valence electrons. The molecule has 0 aliphatic carbocycles. The summed E-state index contributed by atoms with van der Waals surface area (Å²) in [5.74, 6) is 0. The molecule has 0 fully saturated rings. The van der Waals surface area contributed by atoms with Gasteiger partial charge in [0.1, 0.15) is 5.58 Å². The van der Waals surface area contributed by atoms with Crippen LogP contribution in [-0.4, -0.2) is 0 Å². The molecule has 7 heteroatoms. The van der Waals surface area contributed by atoms with Crippen molar-refractivity contribution in [3.05, 3.63) is 206 Å². The van der Waals surface area contributed by atoms with E-state index in [1.807, 2.05) is 47.0 Å². The summed E-state index contributed by atoms with van der Waals surface area (Å²) in [7, 11) is 0. The highest BCUT2D eigenvalue weighted by Gasteiger charge is 2.27. The molecule has 2 aliphatic heterocycles. The summed E-state index contributed by atoms with van der Waals surface area (Å²) in [5.41, 5.74) is 10.3. The maximum absolute atomic E-state index is 6.96. The lowest BCUT2D eigenvalue weighted by Gasteiger charge is -2.30. The summed E-state index contributed by atoms with van der Waals surface area (Å²) in [6, 6.07) is 74.4. The largest absolute Gasteiger partial charge is 0.454 e.